The average Bonchev–Trinajstić information content (AvgIpc) is 2.69. The number of nitrogens with one attached hydrogen (secondary N) is 1. The lowest BCUT2D eigenvalue weighted by molar-refractivity contribution is 0.601. The summed E-state index contributed by atoms with van der Waals surface area (Å²) in [5.74, 6) is 0.704. The lowest BCUT2D eigenvalue weighted by Gasteiger charge is -2.12. The first-order valence-electron chi connectivity index (χ1n) is 5.90. The molecular formula is C12H16N4O2S2. The summed E-state index contributed by atoms with van der Waals surface area (Å²) in [5.41, 5.74) is 0. The molecule has 2 heterocycles. The zero-order chi connectivity index (χ0) is 14.9. The summed E-state index contributed by atoms with van der Waals surface area (Å²) < 4.78 is 27.2. The van der Waals surface area contributed by atoms with Gasteiger partial charge in [0.25, 0.3) is 10.0 Å². The van der Waals surface area contributed by atoms with Gasteiger partial charge in [-0.25, -0.2) is 13.4 Å². The third-order valence-electron chi connectivity index (χ3n) is 2.57. The van der Waals surface area contributed by atoms with Crippen LogP contribution in [0.4, 0.5) is 11.8 Å². The lowest BCUT2D eigenvalue weighted by Crippen LogP contribution is -2.17. The molecule has 108 valence electrons. The molecule has 2 rings (SSSR count). The van der Waals surface area contributed by atoms with Crippen molar-refractivity contribution in [1.82, 2.24) is 9.97 Å². The van der Waals surface area contributed by atoms with Crippen molar-refractivity contribution in [3.05, 3.63) is 28.1 Å². The minimum Gasteiger partial charge on any atom is -0.347 e. The highest BCUT2D eigenvalue weighted by atomic mass is 32.2. The SMILES string of the molecule is Cc1cc(S(=O)(=O)Nc2ccnc(N(C)C)n2)c(C)s1. The number of aromatic nitrogens is 2. The first kappa shape index (κ1) is 14.7. The Hall–Kier alpha value is -1.67. The fraction of sp³-hybridized carbons (Fsp3) is 0.333. The van der Waals surface area contributed by atoms with Crippen LogP contribution in [0.2, 0.25) is 0 Å². The average molecular weight is 312 g/mol. The molecule has 0 aromatic carbocycles. The maximum absolute atomic E-state index is 12.3. The molecule has 0 aliphatic rings. The zero-order valence-electron chi connectivity index (χ0n) is 11.7. The number of sulfonamides is 1. The minimum absolute atomic E-state index is 0.256. The van der Waals surface area contributed by atoms with E-state index in [-0.39, 0.29) is 5.82 Å². The summed E-state index contributed by atoms with van der Waals surface area (Å²) in [4.78, 5) is 11.9. The molecule has 0 fully saturated rings. The molecule has 2 aromatic rings. The maximum atomic E-state index is 12.3. The van der Waals surface area contributed by atoms with Gasteiger partial charge in [-0.1, -0.05) is 0 Å². The van der Waals surface area contributed by atoms with E-state index in [4.69, 9.17) is 0 Å². The van der Waals surface area contributed by atoms with Crippen LogP contribution in [0.25, 0.3) is 0 Å². The van der Waals surface area contributed by atoms with Gasteiger partial charge < -0.3 is 4.90 Å². The second-order valence-electron chi connectivity index (χ2n) is 4.52. The van der Waals surface area contributed by atoms with Crippen LogP contribution >= 0.6 is 11.3 Å². The van der Waals surface area contributed by atoms with Crippen molar-refractivity contribution < 1.29 is 8.42 Å². The Balaban J connectivity index is 2.33. The van der Waals surface area contributed by atoms with Crippen LogP contribution in [-0.2, 0) is 10.0 Å². The van der Waals surface area contributed by atoms with Crippen LogP contribution in [0.15, 0.2) is 23.2 Å². The van der Waals surface area contributed by atoms with E-state index in [9.17, 15) is 8.42 Å². The predicted octanol–water partition coefficient (Wildman–Crippen LogP) is 2.02. The highest BCUT2D eigenvalue weighted by Crippen LogP contribution is 2.26. The molecule has 0 saturated carbocycles. The van der Waals surface area contributed by atoms with Crippen molar-refractivity contribution in [2.75, 3.05) is 23.7 Å². The maximum Gasteiger partial charge on any atom is 0.264 e. The molecular weight excluding hydrogens is 296 g/mol. The number of anilines is 2. The van der Waals surface area contributed by atoms with E-state index in [2.05, 4.69) is 14.7 Å². The van der Waals surface area contributed by atoms with Crippen molar-refractivity contribution in [1.29, 1.82) is 0 Å². The summed E-state index contributed by atoms with van der Waals surface area (Å²) in [6.07, 6.45) is 1.52. The molecule has 6 nitrogen and oxygen atoms in total. The second-order valence-corrected chi connectivity index (χ2v) is 7.63. The van der Waals surface area contributed by atoms with Crippen LogP contribution in [0, 0.1) is 13.8 Å². The Morgan fingerprint density at radius 3 is 2.55 bits per heavy atom. The van der Waals surface area contributed by atoms with Crippen LogP contribution < -0.4 is 9.62 Å². The standard InChI is InChI=1S/C12H16N4O2S2/c1-8-7-10(9(2)19-8)20(17,18)15-11-5-6-13-12(14-11)16(3)4/h5-7H,1-4H3,(H,13,14,15). The summed E-state index contributed by atoms with van der Waals surface area (Å²) in [7, 11) is -0.0307. The molecule has 0 spiro atoms. The molecule has 1 N–H and O–H groups in total. The number of aryl methyl sites for hydroxylation is 2. The molecule has 0 aliphatic carbocycles. The van der Waals surface area contributed by atoms with E-state index in [1.54, 1.807) is 32.0 Å². The molecule has 0 bridgehead atoms. The van der Waals surface area contributed by atoms with Crippen molar-refractivity contribution in [3.63, 3.8) is 0 Å². The summed E-state index contributed by atoms with van der Waals surface area (Å²) in [6, 6.07) is 3.19. The van der Waals surface area contributed by atoms with Crippen LogP contribution in [0.1, 0.15) is 9.75 Å². The van der Waals surface area contributed by atoms with Crippen molar-refractivity contribution in [3.8, 4) is 0 Å². The molecule has 0 aliphatic heterocycles. The Kier molecular flexibility index (Phi) is 3.96. The number of thiophene rings is 1. The Labute approximate surface area is 122 Å². The molecule has 0 unspecified atom stereocenters. The molecule has 0 amide bonds. The van der Waals surface area contributed by atoms with Gasteiger partial charge in [0.15, 0.2) is 0 Å². The van der Waals surface area contributed by atoms with E-state index < -0.39 is 10.0 Å². The van der Waals surface area contributed by atoms with Gasteiger partial charge in [0.2, 0.25) is 5.95 Å². The van der Waals surface area contributed by atoms with E-state index in [1.807, 2.05) is 6.92 Å². The number of nitrogens with zero attached hydrogens (tertiary/aromatic N) is 3. The Bertz CT molecular complexity index is 723. The fourth-order valence-corrected chi connectivity index (χ4v) is 4.24. The van der Waals surface area contributed by atoms with Gasteiger partial charge in [0.05, 0.1) is 0 Å². The van der Waals surface area contributed by atoms with Gasteiger partial charge in [-0.3, -0.25) is 4.72 Å². The van der Waals surface area contributed by atoms with E-state index in [0.717, 1.165) is 9.75 Å². The Morgan fingerprint density at radius 1 is 1.30 bits per heavy atom. The van der Waals surface area contributed by atoms with Gasteiger partial charge in [-0.2, -0.15) is 4.98 Å². The molecule has 0 saturated heterocycles. The van der Waals surface area contributed by atoms with E-state index in [1.165, 1.54) is 23.6 Å². The number of hydrogen-bond acceptors (Lipinski definition) is 6. The van der Waals surface area contributed by atoms with Gasteiger partial charge >= 0.3 is 0 Å². The van der Waals surface area contributed by atoms with Gasteiger partial charge in [0, 0.05) is 30.0 Å². The summed E-state index contributed by atoms with van der Waals surface area (Å²) in [6.45, 7) is 3.67. The zero-order valence-corrected chi connectivity index (χ0v) is 13.3. The quantitative estimate of drug-likeness (QED) is 0.935. The van der Waals surface area contributed by atoms with Crippen LogP contribution in [-0.4, -0.2) is 32.5 Å². The van der Waals surface area contributed by atoms with Gasteiger partial charge in [0.1, 0.15) is 10.7 Å². The first-order valence-corrected chi connectivity index (χ1v) is 8.20. The molecule has 8 heteroatoms. The molecule has 0 radical (unpaired) electrons. The highest BCUT2D eigenvalue weighted by molar-refractivity contribution is 7.93. The third kappa shape index (κ3) is 3.07. The van der Waals surface area contributed by atoms with Gasteiger partial charge in [-0.05, 0) is 26.0 Å². The summed E-state index contributed by atoms with van der Waals surface area (Å²) >= 11 is 1.45. The fourth-order valence-electron chi connectivity index (χ4n) is 1.69. The molecule has 2 aromatic heterocycles. The topological polar surface area (TPSA) is 75.2 Å². The lowest BCUT2D eigenvalue weighted by atomic mass is 10.4. The van der Waals surface area contributed by atoms with E-state index in [0.29, 0.717) is 10.8 Å². The monoisotopic (exact) mass is 312 g/mol. The van der Waals surface area contributed by atoms with Crippen molar-refractivity contribution in [2.24, 2.45) is 0 Å². The smallest absolute Gasteiger partial charge is 0.264 e. The van der Waals surface area contributed by atoms with E-state index >= 15 is 0 Å². The van der Waals surface area contributed by atoms with Crippen LogP contribution in [0.3, 0.4) is 0 Å². The third-order valence-corrected chi connectivity index (χ3v) is 5.14. The first-order chi connectivity index (χ1) is 9.29. The summed E-state index contributed by atoms with van der Waals surface area (Å²) in [5, 5.41) is 0. The van der Waals surface area contributed by atoms with Crippen molar-refractivity contribution >= 4 is 33.1 Å². The predicted molar refractivity (Wildman–Crippen MR) is 81.0 cm³/mol. The molecule has 20 heavy (non-hydrogen) atoms. The van der Waals surface area contributed by atoms with Gasteiger partial charge in [-0.15, -0.1) is 11.3 Å². The van der Waals surface area contributed by atoms with Crippen LogP contribution in [0.5, 0.6) is 0 Å². The Morgan fingerprint density at radius 2 is 2.00 bits per heavy atom. The second kappa shape index (κ2) is 5.37. The molecule has 0 atom stereocenters. The highest BCUT2D eigenvalue weighted by Gasteiger charge is 2.20. The largest absolute Gasteiger partial charge is 0.347 e. The normalized spacial score (nSPS) is 11.4. The van der Waals surface area contributed by atoms with Crippen molar-refractivity contribution in [2.45, 2.75) is 18.7 Å². The number of hydrogen-bond donors (Lipinski definition) is 1. The minimum atomic E-state index is -3.61. The number of rotatable bonds is 4.